The monoisotopic (exact) mass is 312 g/mol. The smallest absolute Gasteiger partial charge is 0.268 e. The third kappa shape index (κ3) is 5.36. The van der Waals surface area contributed by atoms with E-state index in [2.05, 4.69) is 5.32 Å². The zero-order valence-electron chi connectivity index (χ0n) is 12.7. The zero-order chi connectivity index (χ0) is 16.0. The predicted molar refractivity (Wildman–Crippen MR) is 81.9 cm³/mol. The van der Waals surface area contributed by atoms with Gasteiger partial charge in [0.2, 0.25) is 0 Å². The number of rotatable bonds is 6. The van der Waals surface area contributed by atoms with Gasteiger partial charge in [-0.2, -0.15) is 0 Å². The first kappa shape index (κ1) is 17.5. The quantitative estimate of drug-likeness (QED) is 0.821. The van der Waals surface area contributed by atoms with E-state index < -0.39 is 6.04 Å². The molecule has 0 aromatic heterocycles. The number of nitrogens with one attached hydrogen (secondary N) is 1. The summed E-state index contributed by atoms with van der Waals surface area (Å²) in [6.45, 7) is 3.97. The van der Waals surface area contributed by atoms with E-state index in [1.807, 2.05) is 13.8 Å². The van der Waals surface area contributed by atoms with Crippen molar-refractivity contribution in [3.8, 4) is 0 Å². The van der Waals surface area contributed by atoms with Crippen molar-refractivity contribution in [2.45, 2.75) is 26.3 Å². The van der Waals surface area contributed by atoms with E-state index in [9.17, 15) is 9.59 Å². The van der Waals surface area contributed by atoms with Crippen LogP contribution in [-0.4, -0.2) is 37.1 Å². The Morgan fingerprint density at radius 3 is 2.57 bits per heavy atom. The molecule has 0 bridgehead atoms. The summed E-state index contributed by atoms with van der Waals surface area (Å²) in [5, 5.41) is 4.33. The van der Waals surface area contributed by atoms with Crippen molar-refractivity contribution in [1.29, 1.82) is 0 Å². The van der Waals surface area contributed by atoms with Gasteiger partial charge in [0, 0.05) is 17.6 Å². The molecule has 1 aromatic rings. The topological polar surface area (TPSA) is 58.6 Å². The molecule has 116 valence electrons. The number of hydrogen-bond acceptors (Lipinski definition) is 3. The Hall–Kier alpha value is -1.59. The Balaban J connectivity index is 2.85. The van der Waals surface area contributed by atoms with Crippen molar-refractivity contribution < 1.29 is 14.4 Å². The molecule has 5 nitrogen and oxygen atoms in total. The summed E-state index contributed by atoms with van der Waals surface area (Å²) in [4.78, 5) is 29.3. The molecule has 1 aromatic carbocycles. The highest BCUT2D eigenvalue weighted by Crippen LogP contribution is 2.12. The molecule has 21 heavy (non-hydrogen) atoms. The van der Waals surface area contributed by atoms with Crippen LogP contribution in [0.15, 0.2) is 24.3 Å². The summed E-state index contributed by atoms with van der Waals surface area (Å²) in [5.41, 5.74) is 0.420. The largest absolute Gasteiger partial charge is 0.340 e. The first-order chi connectivity index (χ1) is 9.85. The van der Waals surface area contributed by atoms with Gasteiger partial charge < -0.3 is 5.32 Å². The van der Waals surface area contributed by atoms with Gasteiger partial charge in [0.05, 0.1) is 7.11 Å². The number of carbonyl (C=O) groups excluding carboxylic acids is 2. The van der Waals surface area contributed by atoms with Gasteiger partial charge in [-0.15, -0.1) is 0 Å². The maximum atomic E-state index is 12.2. The van der Waals surface area contributed by atoms with Gasteiger partial charge in [-0.3, -0.25) is 14.4 Å². The highest BCUT2D eigenvalue weighted by Gasteiger charge is 2.25. The maximum absolute atomic E-state index is 12.2. The molecule has 0 aliphatic rings. The minimum absolute atomic E-state index is 0.254. The lowest BCUT2D eigenvalue weighted by atomic mass is 10.0. The molecule has 0 heterocycles. The number of halogens is 1. The van der Waals surface area contributed by atoms with Gasteiger partial charge in [-0.05, 0) is 30.5 Å². The molecule has 0 aliphatic heterocycles. The van der Waals surface area contributed by atoms with Crippen molar-refractivity contribution >= 4 is 23.4 Å². The summed E-state index contributed by atoms with van der Waals surface area (Å²) in [6, 6.07) is 5.96. The normalized spacial score (nSPS) is 12.1. The van der Waals surface area contributed by atoms with Gasteiger partial charge in [0.15, 0.2) is 0 Å². The fraction of sp³-hybridized carbons (Fsp3) is 0.467. The number of benzene rings is 1. The Morgan fingerprint density at radius 1 is 1.38 bits per heavy atom. The average molecular weight is 313 g/mol. The van der Waals surface area contributed by atoms with Crippen LogP contribution in [0.25, 0.3) is 0 Å². The third-order valence-electron chi connectivity index (χ3n) is 2.98. The molecule has 0 saturated heterocycles. The lowest BCUT2D eigenvalue weighted by Crippen LogP contribution is -2.47. The Kier molecular flexibility index (Phi) is 6.65. The van der Waals surface area contributed by atoms with E-state index in [1.54, 1.807) is 24.3 Å². The standard InChI is InChI=1S/C15H21ClN2O3/c1-10(2)8-13(15(20)18(3)21-4)17-14(19)11-6-5-7-12(16)9-11/h5-7,9-10,13H,8H2,1-4H3,(H,17,19). The lowest BCUT2D eigenvalue weighted by Gasteiger charge is -2.24. The molecular formula is C15H21ClN2O3. The van der Waals surface area contributed by atoms with Crippen LogP contribution in [0.1, 0.15) is 30.6 Å². The molecule has 1 atom stereocenters. The lowest BCUT2D eigenvalue weighted by molar-refractivity contribution is -0.171. The van der Waals surface area contributed by atoms with Gasteiger partial charge in [-0.25, -0.2) is 5.06 Å². The number of nitrogens with zero attached hydrogens (tertiary/aromatic N) is 1. The van der Waals surface area contributed by atoms with Crippen LogP contribution in [0.2, 0.25) is 5.02 Å². The second kappa shape index (κ2) is 8.00. The fourth-order valence-electron chi connectivity index (χ4n) is 1.87. The molecule has 6 heteroatoms. The van der Waals surface area contributed by atoms with Crippen LogP contribution in [0.3, 0.4) is 0 Å². The number of amides is 2. The summed E-state index contributed by atoms with van der Waals surface area (Å²) in [6.07, 6.45) is 0.527. The van der Waals surface area contributed by atoms with Crippen molar-refractivity contribution in [3.05, 3.63) is 34.9 Å². The number of hydroxylamine groups is 2. The maximum Gasteiger partial charge on any atom is 0.268 e. The zero-order valence-corrected chi connectivity index (χ0v) is 13.5. The first-order valence-electron chi connectivity index (χ1n) is 6.73. The summed E-state index contributed by atoms with van der Waals surface area (Å²) in [7, 11) is 2.92. The summed E-state index contributed by atoms with van der Waals surface area (Å²) >= 11 is 5.87. The summed E-state index contributed by atoms with van der Waals surface area (Å²) in [5.74, 6) is -0.369. The molecule has 0 saturated carbocycles. The fourth-order valence-corrected chi connectivity index (χ4v) is 2.06. The van der Waals surface area contributed by atoms with Crippen LogP contribution in [0, 0.1) is 5.92 Å². The molecule has 1 N–H and O–H groups in total. The van der Waals surface area contributed by atoms with Crippen LogP contribution in [0.4, 0.5) is 0 Å². The van der Waals surface area contributed by atoms with E-state index in [-0.39, 0.29) is 17.7 Å². The molecule has 1 unspecified atom stereocenters. The van der Waals surface area contributed by atoms with Crippen LogP contribution < -0.4 is 5.32 Å². The highest BCUT2D eigenvalue weighted by molar-refractivity contribution is 6.31. The number of likely N-dealkylation sites (N-methyl/N-ethyl adjacent to an activating group) is 1. The highest BCUT2D eigenvalue weighted by atomic mass is 35.5. The van der Waals surface area contributed by atoms with E-state index in [1.165, 1.54) is 14.2 Å². The van der Waals surface area contributed by atoms with E-state index in [0.717, 1.165) is 5.06 Å². The molecular weight excluding hydrogens is 292 g/mol. The Bertz CT molecular complexity index is 505. The van der Waals surface area contributed by atoms with Crippen LogP contribution in [0.5, 0.6) is 0 Å². The molecule has 2 amide bonds. The summed E-state index contributed by atoms with van der Waals surface area (Å²) < 4.78 is 0. The van der Waals surface area contributed by atoms with Crippen LogP contribution in [-0.2, 0) is 9.63 Å². The molecule has 0 spiro atoms. The second-order valence-electron chi connectivity index (χ2n) is 5.18. The van der Waals surface area contributed by atoms with Crippen molar-refractivity contribution in [2.75, 3.05) is 14.2 Å². The minimum atomic E-state index is -0.638. The van der Waals surface area contributed by atoms with Gasteiger partial charge in [0.1, 0.15) is 6.04 Å². The first-order valence-corrected chi connectivity index (χ1v) is 7.11. The molecule has 0 aliphatic carbocycles. The molecule has 0 fully saturated rings. The van der Waals surface area contributed by atoms with E-state index in [0.29, 0.717) is 17.0 Å². The predicted octanol–water partition coefficient (Wildman–Crippen LogP) is 2.50. The van der Waals surface area contributed by atoms with Gasteiger partial charge in [-0.1, -0.05) is 31.5 Å². The van der Waals surface area contributed by atoms with Crippen LogP contribution >= 0.6 is 11.6 Å². The van der Waals surface area contributed by atoms with Crippen molar-refractivity contribution in [1.82, 2.24) is 10.4 Å². The SMILES string of the molecule is CON(C)C(=O)C(CC(C)C)NC(=O)c1cccc(Cl)c1. The van der Waals surface area contributed by atoms with Crippen molar-refractivity contribution in [2.24, 2.45) is 5.92 Å². The minimum Gasteiger partial charge on any atom is -0.340 e. The van der Waals surface area contributed by atoms with Crippen molar-refractivity contribution in [3.63, 3.8) is 0 Å². The van der Waals surface area contributed by atoms with E-state index in [4.69, 9.17) is 16.4 Å². The number of carbonyl (C=O) groups is 2. The average Bonchev–Trinajstić information content (AvgIpc) is 2.44. The second-order valence-corrected chi connectivity index (χ2v) is 5.62. The molecule has 1 rings (SSSR count). The Morgan fingerprint density at radius 2 is 2.05 bits per heavy atom. The van der Waals surface area contributed by atoms with Gasteiger partial charge >= 0.3 is 0 Å². The molecule has 0 radical (unpaired) electrons. The Labute approximate surface area is 130 Å². The number of hydrogen-bond donors (Lipinski definition) is 1. The third-order valence-corrected chi connectivity index (χ3v) is 3.22. The van der Waals surface area contributed by atoms with E-state index >= 15 is 0 Å². The van der Waals surface area contributed by atoms with Gasteiger partial charge in [0.25, 0.3) is 11.8 Å².